The first-order chi connectivity index (χ1) is 10.8. The van der Waals surface area contributed by atoms with E-state index in [9.17, 15) is 18.5 Å². The zero-order valence-electron chi connectivity index (χ0n) is 12.6. The molecule has 23 heavy (non-hydrogen) atoms. The van der Waals surface area contributed by atoms with E-state index >= 15 is 0 Å². The van der Waals surface area contributed by atoms with Crippen molar-refractivity contribution in [1.82, 2.24) is 0 Å². The molecule has 7 heteroatoms. The Balaban J connectivity index is 1.98. The maximum absolute atomic E-state index is 11.6. The third-order valence-electron chi connectivity index (χ3n) is 3.97. The Morgan fingerprint density at radius 1 is 1.09 bits per heavy atom. The van der Waals surface area contributed by atoms with Crippen molar-refractivity contribution >= 4 is 26.9 Å². The highest BCUT2D eigenvalue weighted by Gasteiger charge is 2.19. The Bertz CT molecular complexity index is 891. The van der Waals surface area contributed by atoms with E-state index in [0.29, 0.717) is 0 Å². The van der Waals surface area contributed by atoms with E-state index in [2.05, 4.69) is 5.32 Å². The summed E-state index contributed by atoms with van der Waals surface area (Å²) in [5.41, 5.74) is 3.36. The molecule has 1 aliphatic rings. The van der Waals surface area contributed by atoms with Gasteiger partial charge in [0, 0.05) is 18.0 Å². The summed E-state index contributed by atoms with van der Waals surface area (Å²) in [6.07, 6.45) is 4.24. The first-order valence-corrected chi connectivity index (χ1v) is 9.11. The Kier molecular flexibility index (Phi) is 3.81. The van der Waals surface area contributed by atoms with E-state index < -0.39 is 14.8 Å². The smallest absolute Gasteiger partial charge is 0.293 e. The van der Waals surface area contributed by atoms with Crippen LogP contribution in [0.3, 0.4) is 0 Å². The predicted molar refractivity (Wildman–Crippen MR) is 88.0 cm³/mol. The van der Waals surface area contributed by atoms with Crippen LogP contribution < -0.4 is 5.32 Å². The second kappa shape index (κ2) is 5.66. The minimum absolute atomic E-state index is 0.0660. The number of nitrogens with zero attached hydrogens (tertiary/aromatic N) is 1. The molecule has 1 N–H and O–H groups in total. The molecule has 0 atom stereocenters. The highest BCUT2D eigenvalue weighted by molar-refractivity contribution is 7.90. The quantitative estimate of drug-likeness (QED) is 0.686. The van der Waals surface area contributed by atoms with Gasteiger partial charge >= 0.3 is 0 Å². The van der Waals surface area contributed by atoms with Crippen molar-refractivity contribution in [2.24, 2.45) is 0 Å². The maximum Gasteiger partial charge on any atom is 0.293 e. The molecule has 0 amide bonds. The Morgan fingerprint density at radius 3 is 2.52 bits per heavy atom. The minimum Gasteiger partial charge on any atom is -0.350 e. The number of hydrogen-bond acceptors (Lipinski definition) is 5. The van der Waals surface area contributed by atoms with Crippen molar-refractivity contribution in [3.63, 3.8) is 0 Å². The highest BCUT2D eigenvalue weighted by atomic mass is 32.2. The highest BCUT2D eigenvalue weighted by Crippen LogP contribution is 2.32. The summed E-state index contributed by atoms with van der Waals surface area (Å²) in [5.74, 6) is 0. The third-order valence-corrected chi connectivity index (χ3v) is 5.08. The maximum atomic E-state index is 11.6. The van der Waals surface area contributed by atoms with Crippen LogP contribution >= 0.6 is 0 Å². The summed E-state index contributed by atoms with van der Waals surface area (Å²) in [4.78, 5) is 10.6. The number of benzene rings is 2. The number of fused-ring (bicyclic) bond motifs is 1. The van der Waals surface area contributed by atoms with Gasteiger partial charge in [0.15, 0.2) is 9.84 Å². The first-order valence-electron chi connectivity index (χ1n) is 7.22. The molecule has 6 nitrogen and oxygen atoms in total. The van der Waals surface area contributed by atoms with Crippen LogP contribution in [0.5, 0.6) is 0 Å². The lowest BCUT2D eigenvalue weighted by molar-refractivity contribution is -0.384. The number of nitro benzene ring substituents is 1. The van der Waals surface area contributed by atoms with Crippen molar-refractivity contribution in [3.8, 4) is 0 Å². The van der Waals surface area contributed by atoms with Crippen LogP contribution in [0.1, 0.15) is 17.5 Å². The SMILES string of the molecule is CS(=O)(=O)c1ccc(Nc2ccc3c(c2)CCC3)c([N+](=O)[O-])c1. The molecule has 120 valence electrons. The van der Waals surface area contributed by atoms with Crippen LogP contribution in [-0.4, -0.2) is 19.6 Å². The number of aryl methyl sites for hydroxylation is 2. The van der Waals surface area contributed by atoms with Crippen molar-refractivity contribution in [2.75, 3.05) is 11.6 Å². The van der Waals surface area contributed by atoms with Crippen LogP contribution in [0.15, 0.2) is 41.3 Å². The fraction of sp³-hybridized carbons (Fsp3) is 0.250. The molecule has 2 aromatic carbocycles. The fourth-order valence-corrected chi connectivity index (χ4v) is 3.44. The Morgan fingerprint density at radius 2 is 1.83 bits per heavy atom. The molecule has 0 saturated heterocycles. The normalized spacial score (nSPS) is 13.6. The monoisotopic (exact) mass is 332 g/mol. The van der Waals surface area contributed by atoms with E-state index in [1.54, 1.807) is 0 Å². The standard InChI is InChI=1S/C16H16N2O4S/c1-23(21,22)14-7-8-15(16(10-14)18(19)20)17-13-6-5-11-3-2-4-12(11)9-13/h5-10,17H,2-4H2,1H3. The van der Waals surface area contributed by atoms with Gasteiger partial charge in [0.1, 0.15) is 5.69 Å². The topological polar surface area (TPSA) is 89.3 Å². The molecule has 0 spiro atoms. The lowest BCUT2D eigenvalue weighted by atomic mass is 10.1. The molecule has 0 saturated carbocycles. The molecule has 0 bridgehead atoms. The molecule has 0 unspecified atom stereocenters. The summed E-state index contributed by atoms with van der Waals surface area (Å²) < 4.78 is 23.1. The van der Waals surface area contributed by atoms with E-state index in [0.717, 1.165) is 37.3 Å². The number of sulfone groups is 1. The van der Waals surface area contributed by atoms with Crippen LogP contribution in [0.2, 0.25) is 0 Å². The second-order valence-corrected chi connectivity index (χ2v) is 7.69. The van der Waals surface area contributed by atoms with Gasteiger partial charge in [0.2, 0.25) is 0 Å². The molecular formula is C16H16N2O4S. The van der Waals surface area contributed by atoms with Gasteiger partial charge in [-0.25, -0.2) is 8.42 Å². The molecule has 0 aromatic heterocycles. The molecule has 2 aromatic rings. The van der Waals surface area contributed by atoms with Gasteiger partial charge in [-0.05, 0) is 54.7 Å². The average Bonchev–Trinajstić information content (AvgIpc) is 2.93. The van der Waals surface area contributed by atoms with Crippen molar-refractivity contribution < 1.29 is 13.3 Å². The predicted octanol–water partition coefficient (Wildman–Crippen LogP) is 3.23. The Hall–Kier alpha value is -2.41. The van der Waals surface area contributed by atoms with E-state index in [4.69, 9.17) is 0 Å². The van der Waals surface area contributed by atoms with Gasteiger partial charge in [-0.15, -0.1) is 0 Å². The molecule has 0 radical (unpaired) electrons. The zero-order valence-corrected chi connectivity index (χ0v) is 13.4. The first kappa shape index (κ1) is 15.5. The second-order valence-electron chi connectivity index (χ2n) is 5.67. The van der Waals surface area contributed by atoms with Gasteiger partial charge in [-0.2, -0.15) is 0 Å². The van der Waals surface area contributed by atoms with Gasteiger partial charge < -0.3 is 5.32 Å². The lowest BCUT2D eigenvalue weighted by Gasteiger charge is -2.10. The van der Waals surface area contributed by atoms with Gasteiger partial charge in [-0.1, -0.05) is 6.07 Å². The largest absolute Gasteiger partial charge is 0.350 e. The van der Waals surface area contributed by atoms with Gasteiger partial charge in [0.05, 0.1) is 9.82 Å². The average molecular weight is 332 g/mol. The summed E-state index contributed by atoms with van der Waals surface area (Å²) >= 11 is 0. The van der Waals surface area contributed by atoms with Crippen molar-refractivity contribution in [2.45, 2.75) is 24.2 Å². The van der Waals surface area contributed by atoms with Gasteiger partial charge in [-0.3, -0.25) is 10.1 Å². The third kappa shape index (κ3) is 3.19. The molecule has 0 aliphatic heterocycles. The number of rotatable bonds is 4. The minimum atomic E-state index is -3.49. The Labute approximate surface area is 134 Å². The van der Waals surface area contributed by atoms with Crippen LogP contribution in [0.4, 0.5) is 17.1 Å². The summed E-state index contributed by atoms with van der Waals surface area (Å²) in [7, 11) is -3.49. The lowest BCUT2D eigenvalue weighted by Crippen LogP contribution is -2.02. The molecular weight excluding hydrogens is 316 g/mol. The number of nitrogens with one attached hydrogen (secondary N) is 1. The number of hydrogen-bond donors (Lipinski definition) is 1. The van der Waals surface area contributed by atoms with E-state index in [-0.39, 0.29) is 16.3 Å². The summed E-state index contributed by atoms with van der Waals surface area (Å²) in [6.45, 7) is 0. The molecule has 0 fully saturated rings. The molecule has 3 rings (SSSR count). The van der Waals surface area contributed by atoms with E-state index in [1.807, 2.05) is 18.2 Å². The van der Waals surface area contributed by atoms with Crippen molar-refractivity contribution in [3.05, 3.63) is 57.6 Å². The van der Waals surface area contributed by atoms with Gasteiger partial charge in [0.25, 0.3) is 5.69 Å². The summed E-state index contributed by atoms with van der Waals surface area (Å²) in [6, 6.07) is 9.81. The zero-order chi connectivity index (χ0) is 16.6. The number of nitro groups is 1. The number of anilines is 2. The van der Waals surface area contributed by atoms with Crippen molar-refractivity contribution in [1.29, 1.82) is 0 Å². The van der Waals surface area contributed by atoms with Crippen LogP contribution in [0, 0.1) is 10.1 Å². The molecule has 0 heterocycles. The summed E-state index contributed by atoms with van der Waals surface area (Å²) in [5, 5.41) is 14.3. The van der Waals surface area contributed by atoms with Crippen LogP contribution in [0.25, 0.3) is 0 Å². The molecule has 1 aliphatic carbocycles. The van der Waals surface area contributed by atoms with Crippen LogP contribution in [-0.2, 0) is 22.7 Å². The fourth-order valence-electron chi connectivity index (χ4n) is 2.80. The van der Waals surface area contributed by atoms with E-state index in [1.165, 1.54) is 23.3 Å².